The number of imidazole rings is 1. The van der Waals surface area contributed by atoms with E-state index in [1.54, 1.807) is 14.2 Å². The van der Waals surface area contributed by atoms with E-state index >= 15 is 0 Å². The third-order valence-electron chi connectivity index (χ3n) is 3.95. The van der Waals surface area contributed by atoms with Gasteiger partial charge in [-0.05, 0) is 18.1 Å². The molecule has 5 heteroatoms. The van der Waals surface area contributed by atoms with Gasteiger partial charge in [0.05, 0.1) is 25.3 Å². The third kappa shape index (κ3) is 2.89. The summed E-state index contributed by atoms with van der Waals surface area (Å²) in [6.45, 7) is 5.24. The lowest BCUT2D eigenvalue weighted by Gasteiger charge is -2.13. The first-order valence-corrected chi connectivity index (χ1v) is 8.01. The molecule has 2 aromatic carbocycles. The Morgan fingerprint density at radius 2 is 1.79 bits per heavy atom. The minimum absolute atomic E-state index is 0.482. The Bertz CT molecular complexity index is 868. The summed E-state index contributed by atoms with van der Waals surface area (Å²) in [6.07, 6.45) is 0. The van der Waals surface area contributed by atoms with Gasteiger partial charge in [-0.2, -0.15) is 0 Å². The number of benzene rings is 2. The van der Waals surface area contributed by atoms with E-state index in [-0.39, 0.29) is 0 Å². The molecule has 0 fully saturated rings. The van der Waals surface area contributed by atoms with Crippen molar-refractivity contribution in [3.8, 4) is 22.9 Å². The molecular formula is C19H23N3O2. The van der Waals surface area contributed by atoms with Crippen molar-refractivity contribution in [3.05, 3.63) is 36.4 Å². The van der Waals surface area contributed by atoms with Crippen LogP contribution in [0, 0.1) is 5.92 Å². The summed E-state index contributed by atoms with van der Waals surface area (Å²) in [5.41, 5.74) is 9.59. The Hall–Kier alpha value is -2.69. The van der Waals surface area contributed by atoms with Crippen LogP contribution in [0.4, 0.5) is 5.69 Å². The lowest BCUT2D eigenvalue weighted by atomic mass is 10.1. The molecule has 0 radical (unpaired) electrons. The van der Waals surface area contributed by atoms with Crippen LogP contribution in [0.5, 0.6) is 11.5 Å². The second-order valence-corrected chi connectivity index (χ2v) is 6.26. The fourth-order valence-corrected chi connectivity index (χ4v) is 2.90. The molecule has 0 bridgehead atoms. The molecule has 0 aliphatic rings. The molecule has 126 valence electrons. The second kappa shape index (κ2) is 6.43. The van der Waals surface area contributed by atoms with Gasteiger partial charge in [0.25, 0.3) is 0 Å². The fourth-order valence-electron chi connectivity index (χ4n) is 2.90. The van der Waals surface area contributed by atoms with Crippen molar-refractivity contribution in [2.45, 2.75) is 20.4 Å². The maximum atomic E-state index is 5.96. The standard InChI is InChI=1S/C19H23N3O2/c1-12(2)11-22-16-10-18(24-4)17(23-3)9-15(16)21-19(22)13-6-5-7-14(20)8-13/h5-10,12H,11,20H2,1-4H3. The number of hydrogen-bond acceptors (Lipinski definition) is 4. The number of rotatable bonds is 5. The van der Waals surface area contributed by atoms with E-state index in [9.17, 15) is 0 Å². The van der Waals surface area contributed by atoms with Crippen LogP contribution in [0.1, 0.15) is 13.8 Å². The van der Waals surface area contributed by atoms with Crippen LogP contribution in [0.25, 0.3) is 22.4 Å². The normalized spacial score (nSPS) is 11.2. The SMILES string of the molecule is COc1cc2nc(-c3cccc(N)c3)n(CC(C)C)c2cc1OC. The van der Waals surface area contributed by atoms with E-state index in [0.29, 0.717) is 17.4 Å². The molecule has 0 unspecified atom stereocenters. The van der Waals surface area contributed by atoms with E-state index in [1.165, 1.54) is 0 Å². The Labute approximate surface area is 142 Å². The molecule has 3 rings (SSSR count). The summed E-state index contributed by atoms with van der Waals surface area (Å²) in [4.78, 5) is 4.83. The van der Waals surface area contributed by atoms with Crippen molar-refractivity contribution in [3.63, 3.8) is 0 Å². The average molecular weight is 325 g/mol. The summed E-state index contributed by atoms with van der Waals surface area (Å²) < 4.78 is 13.1. The van der Waals surface area contributed by atoms with Crippen molar-refractivity contribution in [2.24, 2.45) is 5.92 Å². The highest BCUT2D eigenvalue weighted by atomic mass is 16.5. The number of nitrogen functional groups attached to an aromatic ring is 1. The Balaban J connectivity index is 2.27. The van der Waals surface area contributed by atoms with Gasteiger partial charge in [-0.1, -0.05) is 26.0 Å². The van der Waals surface area contributed by atoms with Crippen molar-refractivity contribution >= 4 is 16.7 Å². The molecule has 0 saturated heterocycles. The zero-order valence-corrected chi connectivity index (χ0v) is 14.5. The summed E-state index contributed by atoms with van der Waals surface area (Å²) in [7, 11) is 3.28. The lowest BCUT2D eigenvalue weighted by Crippen LogP contribution is -2.06. The second-order valence-electron chi connectivity index (χ2n) is 6.26. The molecule has 0 atom stereocenters. The molecule has 2 N–H and O–H groups in total. The zero-order valence-electron chi connectivity index (χ0n) is 14.5. The van der Waals surface area contributed by atoms with Crippen LogP contribution in [0.15, 0.2) is 36.4 Å². The molecule has 0 aliphatic carbocycles. The topological polar surface area (TPSA) is 62.3 Å². The van der Waals surface area contributed by atoms with E-state index < -0.39 is 0 Å². The molecule has 0 amide bonds. The Morgan fingerprint density at radius 3 is 2.42 bits per heavy atom. The number of ether oxygens (including phenoxy) is 2. The largest absolute Gasteiger partial charge is 0.493 e. The highest BCUT2D eigenvalue weighted by molar-refractivity contribution is 5.84. The molecule has 0 saturated carbocycles. The molecule has 1 heterocycles. The maximum absolute atomic E-state index is 5.96. The van der Waals surface area contributed by atoms with Crippen LogP contribution in [-0.4, -0.2) is 23.8 Å². The van der Waals surface area contributed by atoms with Gasteiger partial charge >= 0.3 is 0 Å². The van der Waals surface area contributed by atoms with Gasteiger partial charge < -0.3 is 19.8 Å². The van der Waals surface area contributed by atoms with E-state index in [2.05, 4.69) is 18.4 Å². The van der Waals surface area contributed by atoms with Crippen molar-refractivity contribution in [2.75, 3.05) is 20.0 Å². The van der Waals surface area contributed by atoms with Crippen molar-refractivity contribution < 1.29 is 9.47 Å². The third-order valence-corrected chi connectivity index (χ3v) is 3.95. The van der Waals surface area contributed by atoms with E-state index in [4.69, 9.17) is 20.2 Å². The summed E-state index contributed by atoms with van der Waals surface area (Å²) in [5.74, 6) is 2.77. The van der Waals surface area contributed by atoms with E-state index in [1.807, 2.05) is 36.4 Å². The molecule has 24 heavy (non-hydrogen) atoms. The number of methoxy groups -OCH3 is 2. The molecular weight excluding hydrogens is 302 g/mol. The van der Waals surface area contributed by atoms with Crippen LogP contribution in [0.2, 0.25) is 0 Å². The highest BCUT2D eigenvalue weighted by Crippen LogP contribution is 2.35. The van der Waals surface area contributed by atoms with Gasteiger partial charge in [-0.3, -0.25) is 0 Å². The fraction of sp³-hybridized carbons (Fsp3) is 0.316. The first-order valence-electron chi connectivity index (χ1n) is 8.01. The predicted octanol–water partition coefficient (Wildman–Crippen LogP) is 3.96. The first-order chi connectivity index (χ1) is 11.5. The summed E-state index contributed by atoms with van der Waals surface area (Å²) >= 11 is 0. The Kier molecular flexibility index (Phi) is 4.34. The lowest BCUT2D eigenvalue weighted by molar-refractivity contribution is 0.355. The predicted molar refractivity (Wildman–Crippen MR) is 97.5 cm³/mol. The minimum atomic E-state index is 0.482. The number of aromatic nitrogens is 2. The zero-order chi connectivity index (χ0) is 17.3. The van der Waals surface area contributed by atoms with Crippen LogP contribution >= 0.6 is 0 Å². The smallest absolute Gasteiger partial charge is 0.163 e. The highest BCUT2D eigenvalue weighted by Gasteiger charge is 2.17. The number of nitrogens with two attached hydrogens (primary N) is 1. The minimum Gasteiger partial charge on any atom is -0.493 e. The number of anilines is 1. The van der Waals surface area contributed by atoms with Gasteiger partial charge in [0.15, 0.2) is 11.5 Å². The quantitative estimate of drug-likeness (QED) is 0.721. The van der Waals surface area contributed by atoms with Gasteiger partial charge in [0, 0.05) is 29.9 Å². The van der Waals surface area contributed by atoms with Gasteiger partial charge in [-0.25, -0.2) is 4.98 Å². The molecule has 0 aliphatic heterocycles. The molecule has 1 aromatic heterocycles. The Morgan fingerprint density at radius 1 is 1.08 bits per heavy atom. The van der Waals surface area contributed by atoms with Gasteiger partial charge in [0.1, 0.15) is 5.82 Å². The summed E-state index contributed by atoms with van der Waals surface area (Å²) in [6, 6.07) is 11.7. The molecule has 5 nitrogen and oxygen atoms in total. The monoisotopic (exact) mass is 325 g/mol. The van der Waals surface area contributed by atoms with Crippen molar-refractivity contribution in [1.82, 2.24) is 9.55 Å². The van der Waals surface area contributed by atoms with Gasteiger partial charge in [-0.15, -0.1) is 0 Å². The molecule has 0 spiro atoms. The number of fused-ring (bicyclic) bond motifs is 1. The first kappa shape index (κ1) is 16.2. The van der Waals surface area contributed by atoms with E-state index in [0.717, 1.165) is 34.7 Å². The van der Waals surface area contributed by atoms with Crippen LogP contribution < -0.4 is 15.2 Å². The van der Waals surface area contributed by atoms with Crippen molar-refractivity contribution in [1.29, 1.82) is 0 Å². The molecule has 3 aromatic rings. The van der Waals surface area contributed by atoms with Crippen LogP contribution in [-0.2, 0) is 6.54 Å². The van der Waals surface area contributed by atoms with Gasteiger partial charge in [0.2, 0.25) is 0 Å². The summed E-state index contributed by atoms with van der Waals surface area (Å²) in [5, 5.41) is 0. The van der Waals surface area contributed by atoms with Crippen LogP contribution in [0.3, 0.4) is 0 Å². The average Bonchev–Trinajstić information content (AvgIpc) is 2.90. The maximum Gasteiger partial charge on any atom is 0.163 e. The number of nitrogens with zero attached hydrogens (tertiary/aromatic N) is 2. The number of hydrogen-bond donors (Lipinski definition) is 1.